The number of nitrogens with zero attached hydrogens (tertiary/aromatic N) is 5. The maximum absolute atomic E-state index is 14.0. The number of guanidine groups is 1. The fraction of sp³-hybridized carbons (Fsp3) is 0.586. The lowest BCUT2D eigenvalue weighted by atomic mass is 9.82. The fourth-order valence-electron chi connectivity index (χ4n) is 6.70. The van der Waals surface area contributed by atoms with Crippen LogP contribution in [0.15, 0.2) is 34.4 Å². The van der Waals surface area contributed by atoms with Crippen molar-refractivity contribution in [2.24, 2.45) is 22.6 Å². The number of nitrogens with one attached hydrogen (secondary N) is 1. The molecule has 2 amide bonds. The highest BCUT2D eigenvalue weighted by Gasteiger charge is 2.45. The Morgan fingerprint density at radius 2 is 1.67 bits per heavy atom. The lowest BCUT2D eigenvalue weighted by molar-refractivity contribution is -0.139. The molecule has 4 heterocycles. The van der Waals surface area contributed by atoms with Gasteiger partial charge in [0.05, 0.1) is 25.8 Å². The molecule has 12 nitrogen and oxygen atoms in total. The van der Waals surface area contributed by atoms with Gasteiger partial charge in [-0.3, -0.25) is 10.2 Å². The zero-order valence-electron chi connectivity index (χ0n) is 24.7. The van der Waals surface area contributed by atoms with Gasteiger partial charge in [-0.05, 0) is 42.2 Å². The molecule has 0 bridgehead atoms. The number of hydrogen-bond acceptors (Lipinski definition) is 7. The minimum atomic E-state index is -3.22. The number of aliphatic imine (C=N–C) groups is 1. The van der Waals surface area contributed by atoms with Crippen LogP contribution in [0.1, 0.15) is 36.8 Å². The first-order chi connectivity index (χ1) is 20.4. The van der Waals surface area contributed by atoms with E-state index < -0.39 is 10.0 Å². The predicted molar refractivity (Wildman–Crippen MR) is 165 cm³/mol. The van der Waals surface area contributed by atoms with Crippen molar-refractivity contribution >= 4 is 50.9 Å². The van der Waals surface area contributed by atoms with Crippen molar-refractivity contribution in [1.82, 2.24) is 19.0 Å². The third-order valence-electron chi connectivity index (χ3n) is 9.22. The van der Waals surface area contributed by atoms with E-state index in [1.165, 1.54) is 13.4 Å². The molecule has 4 aliphatic rings. The number of piperidine rings is 1. The van der Waals surface area contributed by atoms with Gasteiger partial charge in [-0.2, -0.15) is 0 Å². The summed E-state index contributed by atoms with van der Waals surface area (Å²) in [7, 11) is -1.86. The van der Waals surface area contributed by atoms with Gasteiger partial charge in [0.15, 0.2) is 5.96 Å². The number of halogens is 1. The molecule has 14 heteroatoms. The lowest BCUT2D eigenvalue weighted by Gasteiger charge is -2.38. The van der Waals surface area contributed by atoms with Gasteiger partial charge in [0.2, 0.25) is 10.0 Å². The molecule has 2 atom stereocenters. The summed E-state index contributed by atoms with van der Waals surface area (Å²) in [6, 6.07) is 7.35. The molecular formula is C29H40ClN7O5S. The van der Waals surface area contributed by atoms with E-state index in [0.717, 1.165) is 41.7 Å². The summed E-state index contributed by atoms with van der Waals surface area (Å²) in [5.41, 5.74) is 9.16. The van der Waals surface area contributed by atoms with Crippen LogP contribution in [0.25, 0.3) is 5.57 Å². The molecule has 3 fully saturated rings. The van der Waals surface area contributed by atoms with Crippen LogP contribution in [0.4, 0.5) is 4.79 Å². The number of carbonyl (C=O) groups excluding carboxylic acids is 2. The van der Waals surface area contributed by atoms with Crippen molar-refractivity contribution in [1.29, 1.82) is 5.41 Å². The molecule has 3 saturated heterocycles. The molecule has 0 unspecified atom stereocenters. The fourth-order valence-corrected chi connectivity index (χ4v) is 7.86. The molecule has 3 N–H and O–H groups in total. The molecule has 5 rings (SSSR count). The highest BCUT2D eigenvalue weighted by Crippen LogP contribution is 2.40. The standard InChI is InChI=1S/C29H40ClN7O5S/c1-42-26(38)15-19-3-5-21(6-4-19)23-17-24(33-27(23)30)25-16-22(20-7-9-36(10-8-20)43(2,40)41)18-37(25)29(39)35-13-11-34(12-14-35)28(31)32/h3-6,20,22,25H,7-18H2,1-2H3,(H3,31,32)/t22-,25-/m0/s1. The summed E-state index contributed by atoms with van der Waals surface area (Å²) in [6.45, 7) is 3.55. The topological polar surface area (TPSA) is 153 Å². The van der Waals surface area contributed by atoms with E-state index in [0.29, 0.717) is 63.3 Å². The zero-order valence-corrected chi connectivity index (χ0v) is 26.2. The average Bonchev–Trinajstić information content (AvgIpc) is 3.61. The number of sulfonamides is 1. The Hall–Kier alpha value is -3.16. The molecule has 0 saturated carbocycles. The van der Waals surface area contributed by atoms with Gasteiger partial charge in [0.25, 0.3) is 0 Å². The number of likely N-dealkylation sites (tertiary alicyclic amines) is 1. The van der Waals surface area contributed by atoms with Crippen LogP contribution in [0.2, 0.25) is 0 Å². The van der Waals surface area contributed by atoms with Gasteiger partial charge in [0, 0.05) is 63.5 Å². The number of urea groups is 1. The maximum atomic E-state index is 14.0. The molecular weight excluding hydrogens is 594 g/mol. The van der Waals surface area contributed by atoms with E-state index in [4.69, 9.17) is 32.5 Å². The number of piperazine rings is 1. The summed E-state index contributed by atoms with van der Waals surface area (Å²) in [5, 5.41) is 8.13. The number of allylic oxidation sites excluding steroid dienone is 1. The number of esters is 1. The highest BCUT2D eigenvalue weighted by molar-refractivity contribution is 7.88. The molecule has 0 aromatic heterocycles. The van der Waals surface area contributed by atoms with Crippen molar-refractivity contribution in [3.63, 3.8) is 0 Å². The van der Waals surface area contributed by atoms with Crippen molar-refractivity contribution in [3.8, 4) is 0 Å². The molecule has 4 aliphatic heterocycles. The summed E-state index contributed by atoms with van der Waals surface area (Å²) >= 11 is 6.70. The SMILES string of the molecule is COC(=O)Cc1ccc(C2=C(Cl)N=C([C@@H]3C[C@H](C4CCN(S(C)(=O)=O)CC4)CN3C(=O)N3CCN(C(=N)N)CC3)C2)cc1. The predicted octanol–water partition coefficient (Wildman–Crippen LogP) is 2.15. The minimum absolute atomic E-state index is 0.0125. The number of amides is 2. The summed E-state index contributed by atoms with van der Waals surface area (Å²) in [5.74, 6) is 0.234. The normalized spacial score (nSPS) is 24.0. The second-order valence-electron chi connectivity index (χ2n) is 11.8. The first kappa shape index (κ1) is 31.3. The van der Waals surface area contributed by atoms with Crippen LogP contribution in [0.3, 0.4) is 0 Å². The number of hydrogen-bond donors (Lipinski definition) is 2. The van der Waals surface area contributed by atoms with Gasteiger partial charge in [0.1, 0.15) is 5.16 Å². The quantitative estimate of drug-likeness (QED) is 0.211. The van der Waals surface area contributed by atoms with E-state index in [-0.39, 0.29) is 36.3 Å². The van der Waals surface area contributed by atoms with Gasteiger partial charge in [-0.15, -0.1) is 0 Å². The van der Waals surface area contributed by atoms with Crippen molar-refractivity contribution in [2.75, 3.05) is 59.2 Å². The van der Waals surface area contributed by atoms with Gasteiger partial charge in [-0.25, -0.2) is 22.5 Å². The van der Waals surface area contributed by atoms with E-state index in [9.17, 15) is 18.0 Å². The third-order valence-corrected chi connectivity index (χ3v) is 10.8. The molecule has 0 spiro atoms. The first-order valence-electron chi connectivity index (χ1n) is 14.7. The smallest absolute Gasteiger partial charge is 0.320 e. The molecule has 1 aromatic rings. The Morgan fingerprint density at radius 3 is 2.26 bits per heavy atom. The molecule has 0 aliphatic carbocycles. The highest BCUT2D eigenvalue weighted by atomic mass is 35.5. The Morgan fingerprint density at radius 1 is 1.05 bits per heavy atom. The van der Waals surface area contributed by atoms with Crippen molar-refractivity contribution in [2.45, 2.75) is 38.1 Å². The zero-order chi connectivity index (χ0) is 30.9. The molecule has 234 valence electrons. The Bertz CT molecular complexity index is 1410. The summed E-state index contributed by atoms with van der Waals surface area (Å²) in [6.07, 6.45) is 4.23. The second kappa shape index (κ2) is 12.8. The second-order valence-corrected chi connectivity index (χ2v) is 14.1. The maximum Gasteiger partial charge on any atom is 0.320 e. The Kier molecular flexibility index (Phi) is 9.33. The monoisotopic (exact) mass is 633 g/mol. The van der Waals surface area contributed by atoms with Gasteiger partial charge >= 0.3 is 12.0 Å². The number of methoxy groups -OCH3 is 1. The van der Waals surface area contributed by atoms with Gasteiger partial charge in [-0.1, -0.05) is 35.9 Å². The summed E-state index contributed by atoms with van der Waals surface area (Å²) < 4.78 is 30.4. The number of nitrogens with two attached hydrogens (primary N) is 1. The largest absolute Gasteiger partial charge is 0.469 e. The molecule has 43 heavy (non-hydrogen) atoms. The van der Waals surface area contributed by atoms with Crippen molar-refractivity contribution < 1.29 is 22.7 Å². The summed E-state index contributed by atoms with van der Waals surface area (Å²) in [4.78, 5) is 35.9. The molecule has 0 radical (unpaired) electrons. The van der Waals surface area contributed by atoms with E-state index >= 15 is 0 Å². The van der Waals surface area contributed by atoms with Crippen LogP contribution in [-0.2, 0) is 26.0 Å². The van der Waals surface area contributed by atoms with Crippen LogP contribution in [0.5, 0.6) is 0 Å². The van der Waals surface area contributed by atoms with Crippen LogP contribution in [-0.4, -0.2) is 116 Å². The minimum Gasteiger partial charge on any atom is -0.469 e. The number of carbonyl (C=O) groups is 2. The van der Waals surface area contributed by atoms with E-state index in [2.05, 4.69) is 0 Å². The Labute approximate surface area is 258 Å². The molecule has 1 aromatic carbocycles. The Balaban J connectivity index is 1.31. The lowest BCUT2D eigenvalue weighted by Crippen LogP contribution is -2.56. The van der Waals surface area contributed by atoms with E-state index in [1.54, 1.807) is 9.21 Å². The third kappa shape index (κ3) is 6.99. The average molecular weight is 634 g/mol. The number of rotatable bonds is 6. The van der Waals surface area contributed by atoms with Gasteiger partial charge < -0.3 is 25.2 Å². The van der Waals surface area contributed by atoms with Crippen LogP contribution in [0, 0.1) is 17.2 Å². The number of benzene rings is 1. The van der Waals surface area contributed by atoms with E-state index in [1.807, 2.05) is 34.1 Å². The van der Waals surface area contributed by atoms with Crippen molar-refractivity contribution in [3.05, 3.63) is 40.5 Å². The number of ether oxygens (including phenoxy) is 1. The first-order valence-corrected chi connectivity index (χ1v) is 16.9. The van der Waals surface area contributed by atoms with Crippen LogP contribution >= 0.6 is 11.6 Å². The van der Waals surface area contributed by atoms with Crippen LogP contribution < -0.4 is 5.73 Å².